The van der Waals surface area contributed by atoms with Crippen molar-refractivity contribution in [2.24, 2.45) is 0 Å². The smallest absolute Gasteiger partial charge is 0.230 e. The van der Waals surface area contributed by atoms with Gasteiger partial charge in [0.25, 0.3) is 0 Å². The number of amides is 1. The summed E-state index contributed by atoms with van der Waals surface area (Å²) in [5.41, 5.74) is 3.15. The van der Waals surface area contributed by atoms with Gasteiger partial charge in [0.05, 0.1) is 6.61 Å². The van der Waals surface area contributed by atoms with E-state index in [1.807, 2.05) is 30.3 Å². The zero-order valence-corrected chi connectivity index (χ0v) is 8.44. The van der Waals surface area contributed by atoms with Gasteiger partial charge < -0.3 is 0 Å². The van der Waals surface area contributed by atoms with Gasteiger partial charge in [-0.3, -0.25) is 9.63 Å². The molecule has 0 atom stereocenters. The van der Waals surface area contributed by atoms with Crippen LogP contribution in [-0.4, -0.2) is 6.41 Å². The molecule has 0 aliphatic carbocycles. The third-order valence-corrected chi connectivity index (χ3v) is 1.21. The molecule has 1 aromatic carbocycles. The summed E-state index contributed by atoms with van der Waals surface area (Å²) < 4.78 is 0. The van der Waals surface area contributed by atoms with Crippen LogP contribution in [0.1, 0.15) is 5.56 Å². The van der Waals surface area contributed by atoms with E-state index >= 15 is 0 Å². The maximum Gasteiger partial charge on any atom is 0.230 e. The highest BCUT2D eigenvalue weighted by Gasteiger charge is 1.88. The average molecular weight is 224 g/mol. The van der Waals surface area contributed by atoms with Crippen molar-refractivity contribution in [2.75, 3.05) is 0 Å². The van der Waals surface area contributed by atoms with Gasteiger partial charge in [0.1, 0.15) is 0 Å². The van der Waals surface area contributed by atoms with Crippen molar-refractivity contribution in [1.82, 2.24) is 5.48 Å². The summed E-state index contributed by atoms with van der Waals surface area (Å²) in [6.45, 7) is 0.402. The largest absolute Gasteiger partial charge is 0.277 e. The Morgan fingerprint density at radius 1 is 1.23 bits per heavy atom. The lowest BCUT2D eigenvalue weighted by Crippen LogP contribution is -2.10. The Kier molecular flexibility index (Phi) is 10.6. The van der Waals surface area contributed by atoms with Crippen molar-refractivity contribution < 1.29 is 9.63 Å². The first kappa shape index (κ1) is 14.7. The van der Waals surface area contributed by atoms with Crippen molar-refractivity contribution in [2.45, 2.75) is 6.61 Å². The predicted molar refractivity (Wildman–Crippen MR) is 54.9 cm³/mol. The highest BCUT2D eigenvalue weighted by molar-refractivity contribution is 5.85. The Morgan fingerprint density at radius 3 is 2.38 bits per heavy atom. The number of halogens is 2. The number of nitrogens with one attached hydrogen (secondary N) is 1. The van der Waals surface area contributed by atoms with Crippen LogP contribution in [0.5, 0.6) is 0 Å². The molecule has 0 saturated carbocycles. The van der Waals surface area contributed by atoms with E-state index in [-0.39, 0.29) is 24.8 Å². The summed E-state index contributed by atoms with van der Waals surface area (Å²) in [5, 5.41) is 0. The van der Waals surface area contributed by atoms with Gasteiger partial charge in [-0.05, 0) is 5.56 Å². The van der Waals surface area contributed by atoms with Crippen LogP contribution in [0.4, 0.5) is 0 Å². The molecule has 3 nitrogen and oxygen atoms in total. The number of hydroxylamine groups is 1. The van der Waals surface area contributed by atoms with Crippen LogP contribution in [0.25, 0.3) is 0 Å². The number of carbonyl (C=O) groups is 1. The predicted octanol–water partition coefficient (Wildman–Crippen LogP) is 1.71. The standard InChI is InChI=1S/C8H9NO2.2ClH/c10-7-9-11-6-8-4-2-1-3-5-8;;/h1-5,7H,6H2,(H,9,10);2*1H. The summed E-state index contributed by atoms with van der Waals surface area (Å²) in [6, 6.07) is 9.61. The van der Waals surface area contributed by atoms with E-state index in [0.29, 0.717) is 13.0 Å². The Morgan fingerprint density at radius 2 is 1.85 bits per heavy atom. The molecule has 0 unspecified atom stereocenters. The van der Waals surface area contributed by atoms with Crippen molar-refractivity contribution in [3.8, 4) is 0 Å². The molecule has 0 aliphatic heterocycles. The van der Waals surface area contributed by atoms with Gasteiger partial charge in [-0.1, -0.05) is 30.3 Å². The van der Waals surface area contributed by atoms with Gasteiger partial charge in [-0.25, -0.2) is 5.48 Å². The Labute approximate surface area is 89.2 Å². The summed E-state index contributed by atoms with van der Waals surface area (Å²) in [7, 11) is 0. The van der Waals surface area contributed by atoms with Crippen molar-refractivity contribution >= 4 is 31.2 Å². The lowest BCUT2D eigenvalue weighted by Gasteiger charge is -1.99. The van der Waals surface area contributed by atoms with Crippen LogP contribution in [0.15, 0.2) is 30.3 Å². The second-order valence-electron chi connectivity index (χ2n) is 2.01. The SMILES string of the molecule is Cl.Cl.O=CNOCc1ccccc1. The molecule has 1 aromatic rings. The number of carbonyl (C=O) groups excluding carboxylic acids is 1. The molecule has 13 heavy (non-hydrogen) atoms. The molecule has 1 N–H and O–H groups in total. The zero-order chi connectivity index (χ0) is 7.94. The molecule has 0 saturated heterocycles. The fourth-order valence-electron chi connectivity index (χ4n) is 0.733. The number of hydrogen-bond donors (Lipinski definition) is 1. The average Bonchev–Trinajstić information content (AvgIpc) is 2.07. The molecule has 0 radical (unpaired) electrons. The van der Waals surface area contributed by atoms with Crippen LogP contribution < -0.4 is 5.48 Å². The minimum Gasteiger partial charge on any atom is -0.277 e. The topological polar surface area (TPSA) is 38.3 Å². The maximum atomic E-state index is 9.76. The minimum atomic E-state index is 0. The van der Waals surface area contributed by atoms with E-state index in [1.165, 1.54) is 0 Å². The van der Waals surface area contributed by atoms with Gasteiger partial charge in [0, 0.05) is 0 Å². The van der Waals surface area contributed by atoms with E-state index in [9.17, 15) is 4.79 Å². The second-order valence-corrected chi connectivity index (χ2v) is 2.01. The number of hydrogen-bond acceptors (Lipinski definition) is 2. The Hall–Kier alpha value is -0.770. The van der Waals surface area contributed by atoms with Gasteiger partial charge >= 0.3 is 0 Å². The fraction of sp³-hybridized carbons (Fsp3) is 0.125. The molecule has 0 fully saturated rings. The molecule has 0 bridgehead atoms. The third-order valence-electron chi connectivity index (χ3n) is 1.21. The number of rotatable bonds is 4. The van der Waals surface area contributed by atoms with E-state index in [2.05, 4.69) is 5.48 Å². The molecule has 0 aromatic heterocycles. The molecule has 1 rings (SSSR count). The van der Waals surface area contributed by atoms with Gasteiger partial charge in [0.15, 0.2) is 0 Å². The van der Waals surface area contributed by atoms with Crippen molar-refractivity contribution in [3.05, 3.63) is 35.9 Å². The normalized spacial score (nSPS) is 7.69. The van der Waals surface area contributed by atoms with Crippen LogP contribution in [0, 0.1) is 0 Å². The van der Waals surface area contributed by atoms with Gasteiger partial charge in [-0.2, -0.15) is 0 Å². The fourth-order valence-corrected chi connectivity index (χ4v) is 0.733. The molecular weight excluding hydrogens is 213 g/mol. The van der Waals surface area contributed by atoms with Crippen molar-refractivity contribution in [1.29, 1.82) is 0 Å². The van der Waals surface area contributed by atoms with Crippen LogP contribution in [-0.2, 0) is 16.2 Å². The molecule has 0 aliphatic rings. The Balaban J connectivity index is 0. The maximum absolute atomic E-state index is 9.76. The molecule has 5 heteroatoms. The molecule has 0 spiro atoms. The summed E-state index contributed by atoms with van der Waals surface area (Å²) >= 11 is 0. The summed E-state index contributed by atoms with van der Waals surface area (Å²) in [4.78, 5) is 14.5. The van der Waals surface area contributed by atoms with Gasteiger partial charge in [0.2, 0.25) is 6.41 Å². The van der Waals surface area contributed by atoms with Gasteiger partial charge in [-0.15, -0.1) is 24.8 Å². The van der Waals surface area contributed by atoms with E-state index < -0.39 is 0 Å². The van der Waals surface area contributed by atoms with E-state index in [1.54, 1.807) is 0 Å². The monoisotopic (exact) mass is 223 g/mol. The summed E-state index contributed by atoms with van der Waals surface area (Å²) in [5.74, 6) is 0. The minimum absolute atomic E-state index is 0. The lowest BCUT2D eigenvalue weighted by atomic mass is 10.2. The first-order chi connectivity index (χ1) is 5.43. The highest BCUT2D eigenvalue weighted by atomic mass is 35.5. The zero-order valence-electron chi connectivity index (χ0n) is 6.80. The van der Waals surface area contributed by atoms with Crippen LogP contribution >= 0.6 is 24.8 Å². The number of benzene rings is 1. The molecule has 74 valence electrons. The Bertz CT molecular complexity index is 219. The molecule has 1 amide bonds. The molecule has 0 heterocycles. The van der Waals surface area contributed by atoms with Crippen LogP contribution in [0.2, 0.25) is 0 Å². The van der Waals surface area contributed by atoms with Crippen molar-refractivity contribution in [3.63, 3.8) is 0 Å². The highest BCUT2D eigenvalue weighted by Crippen LogP contribution is 1.98. The van der Waals surface area contributed by atoms with E-state index in [4.69, 9.17) is 4.84 Å². The van der Waals surface area contributed by atoms with Crippen LogP contribution in [0.3, 0.4) is 0 Å². The molecular formula is C8H11Cl2NO2. The first-order valence-corrected chi connectivity index (χ1v) is 3.28. The summed E-state index contributed by atoms with van der Waals surface area (Å²) in [6.07, 6.45) is 0.503. The quantitative estimate of drug-likeness (QED) is 0.480. The second kappa shape index (κ2) is 9.32. The third kappa shape index (κ3) is 6.40. The lowest BCUT2D eigenvalue weighted by molar-refractivity contribution is -0.121. The van der Waals surface area contributed by atoms with E-state index in [0.717, 1.165) is 5.56 Å². The first-order valence-electron chi connectivity index (χ1n) is 3.28.